The molecule has 0 fully saturated rings. The molecule has 3 unspecified atom stereocenters. The summed E-state index contributed by atoms with van der Waals surface area (Å²) in [6.45, 7) is 7.03. The molecule has 10 heteroatoms. The fourth-order valence-corrected chi connectivity index (χ4v) is 10.5. The first-order valence-electron chi connectivity index (χ1n) is 32.8. The number of ether oxygens (including phenoxy) is 1. The SMILES string of the molecule is CCCCC/C=C\C/C=C\CCCCCCCCCC(=O)OC(/C=C/CCCCCCCCCCCC)C(COP(=O)(O)OCC[N+](C)(C)C)NC(=O)CCCCCCCCCCCCCCCCCCCCCCC. The Balaban J connectivity index is 5.16. The summed E-state index contributed by atoms with van der Waals surface area (Å²) in [6.07, 6.45) is 68.5. The van der Waals surface area contributed by atoms with Crippen molar-refractivity contribution in [2.75, 3.05) is 40.9 Å². The van der Waals surface area contributed by atoms with Gasteiger partial charge in [0.1, 0.15) is 19.3 Å². The number of esters is 1. The third kappa shape index (κ3) is 56.9. The molecule has 0 aromatic carbocycles. The monoisotopic (exact) mass is 1090 g/mol. The highest BCUT2D eigenvalue weighted by molar-refractivity contribution is 7.47. The van der Waals surface area contributed by atoms with Gasteiger partial charge in [0.25, 0.3) is 0 Å². The number of amides is 1. The minimum Gasteiger partial charge on any atom is -0.456 e. The highest BCUT2D eigenvalue weighted by Gasteiger charge is 2.30. The van der Waals surface area contributed by atoms with E-state index in [-0.39, 0.29) is 31.5 Å². The second-order valence-electron chi connectivity index (χ2n) is 23.6. The maximum Gasteiger partial charge on any atom is 0.472 e. The zero-order chi connectivity index (χ0) is 55.7. The molecule has 0 heterocycles. The van der Waals surface area contributed by atoms with Crippen molar-refractivity contribution < 1.29 is 37.3 Å². The van der Waals surface area contributed by atoms with Gasteiger partial charge in [0.15, 0.2) is 0 Å². The summed E-state index contributed by atoms with van der Waals surface area (Å²) in [5.41, 5.74) is 0. The van der Waals surface area contributed by atoms with Crippen LogP contribution in [0.1, 0.15) is 323 Å². The standard InChI is InChI=1S/C66H127N2O7P/c1-7-10-13-16-19-22-25-28-30-32-33-34-35-37-38-40-43-46-49-52-55-58-65(69)67-63(62-74-76(71,72)73-61-60-68(4,5)6)64(57-54-51-48-45-42-27-24-21-18-15-12-9-3)75-66(70)59-56-53-50-47-44-41-39-36-31-29-26-23-20-17-14-11-8-2/h20,23,29,31,54,57,63-64H,7-19,21-22,24-28,30,32-53,55-56,58-62H2,1-6H3,(H-,67,69,71,72)/p+1/b23-20-,31-29-,57-54+. The fourth-order valence-electron chi connectivity index (χ4n) is 9.74. The summed E-state index contributed by atoms with van der Waals surface area (Å²) in [5, 5.41) is 3.07. The maximum atomic E-state index is 13.6. The molecule has 0 radical (unpaired) electrons. The number of hydrogen-bond donors (Lipinski definition) is 2. The smallest absolute Gasteiger partial charge is 0.456 e. The molecular weight excluding hydrogens is 964 g/mol. The van der Waals surface area contributed by atoms with Crippen molar-refractivity contribution in [1.29, 1.82) is 0 Å². The topological polar surface area (TPSA) is 111 Å². The molecule has 1 amide bonds. The van der Waals surface area contributed by atoms with Crippen LogP contribution in [0.5, 0.6) is 0 Å². The molecule has 0 aliphatic carbocycles. The molecule has 0 aliphatic rings. The number of unbranched alkanes of at least 4 members (excludes halogenated alkanes) is 40. The minimum atomic E-state index is -4.45. The van der Waals surface area contributed by atoms with Crippen LogP contribution in [0.25, 0.3) is 0 Å². The van der Waals surface area contributed by atoms with Crippen LogP contribution in [-0.4, -0.2) is 74.3 Å². The quantitative estimate of drug-likeness (QED) is 0.0205. The van der Waals surface area contributed by atoms with Crippen LogP contribution in [0.15, 0.2) is 36.5 Å². The molecular formula is C66H128N2O7P+. The van der Waals surface area contributed by atoms with Crippen LogP contribution in [0.2, 0.25) is 0 Å². The van der Waals surface area contributed by atoms with Gasteiger partial charge >= 0.3 is 13.8 Å². The lowest BCUT2D eigenvalue weighted by Gasteiger charge is -2.27. The predicted octanol–water partition coefficient (Wildman–Crippen LogP) is 20.3. The molecule has 0 bridgehead atoms. The zero-order valence-electron chi connectivity index (χ0n) is 51.3. The van der Waals surface area contributed by atoms with Crippen LogP contribution in [0.3, 0.4) is 0 Å². The molecule has 9 nitrogen and oxygen atoms in total. The minimum absolute atomic E-state index is 0.0413. The fraction of sp³-hybridized carbons (Fsp3) is 0.879. The van der Waals surface area contributed by atoms with Gasteiger partial charge < -0.3 is 19.4 Å². The van der Waals surface area contributed by atoms with E-state index in [1.54, 1.807) is 0 Å². The van der Waals surface area contributed by atoms with Gasteiger partial charge in [-0.15, -0.1) is 0 Å². The van der Waals surface area contributed by atoms with Crippen molar-refractivity contribution in [3.05, 3.63) is 36.5 Å². The molecule has 0 spiro atoms. The maximum absolute atomic E-state index is 13.6. The van der Waals surface area contributed by atoms with Gasteiger partial charge in [-0.2, -0.15) is 0 Å². The Morgan fingerprint density at radius 3 is 1.21 bits per heavy atom. The molecule has 2 N–H and O–H groups in total. The Labute approximate surface area is 472 Å². The second-order valence-corrected chi connectivity index (χ2v) is 25.1. The van der Waals surface area contributed by atoms with Gasteiger partial charge in [0.05, 0.1) is 33.8 Å². The van der Waals surface area contributed by atoms with Crippen LogP contribution in [0.4, 0.5) is 0 Å². The average molecular weight is 1090 g/mol. The zero-order valence-corrected chi connectivity index (χ0v) is 52.2. The highest BCUT2D eigenvalue weighted by Crippen LogP contribution is 2.43. The molecule has 3 atom stereocenters. The Morgan fingerprint density at radius 1 is 0.461 bits per heavy atom. The van der Waals surface area contributed by atoms with Crippen LogP contribution in [-0.2, 0) is 27.9 Å². The Bertz CT molecular complexity index is 1400. The van der Waals surface area contributed by atoms with Crippen LogP contribution < -0.4 is 5.32 Å². The van der Waals surface area contributed by atoms with Crippen molar-refractivity contribution in [3.63, 3.8) is 0 Å². The van der Waals surface area contributed by atoms with E-state index in [1.807, 2.05) is 33.3 Å². The highest BCUT2D eigenvalue weighted by atomic mass is 31.2. The Hall–Kier alpha value is -1.77. The number of nitrogens with zero attached hydrogens (tertiary/aromatic N) is 1. The molecule has 0 saturated carbocycles. The van der Waals surface area contributed by atoms with Crippen LogP contribution >= 0.6 is 7.82 Å². The number of phosphoric ester groups is 1. The third-order valence-electron chi connectivity index (χ3n) is 14.8. The van der Waals surface area contributed by atoms with Crippen LogP contribution in [0, 0.1) is 0 Å². The Kier molecular flexibility index (Phi) is 55.2. The van der Waals surface area contributed by atoms with Gasteiger partial charge in [0, 0.05) is 12.8 Å². The van der Waals surface area contributed by atoms with E-state index < -0.39 is 20.0 Å². The second kappa shape index (κ2) is 56.5. The Morgan fingerprint density at radius 2 is 0.803 bits per heavy atom. The first kappa shape index (κ1) is 74.2. The lowest BCUT2D eigenvalue weighted by molar-refractivity contribution is -0.870. The van der Waals surface area contributed by atoms with E-state index in [1.165, 1.54) is 212 Å². The average Bonchev–Trinajstić information content (AvgIpc) is 3.38. The summed E-state index contributed by atoms with van der Waals surface area (Å²) in [6, 6.07) is -0.848. The normalized spacial score (nSPS) is 13.8. The number of allylic oxidation sites excluding steroid dienone is 5. The molecule has 0 rings (SSSR count). The van der Waals surface area contributed by atoms with E-state index in [0.29, 0.717) is 17.4 Å². The number of nitrogens with one attached hydrogen (secondary N) is 1. The van der Waals surface area contributed by atoms with E-state index in [0.717, 1.165) is 77.0 Å². The predicted molar refractivity (Wildman–Crippen MR) is 328 cm³/mol. The number of hydrogen-bond acceptors (Lipinski definition) is 6. The van der Waals surface area contributed by atoms with Gasteiger partial charge in [-0.3, -0.25) is 18.6 Å². The summed E-state index contributed by atoms with van der Waals surface area (Å²) < 4.78 is 30.7. The lowest BCUT2D eigenvalue weighted by atomic mass is 10.0. The number of rotatable bonds is 60. The van der Waals surface area contributed by atoms with Gasteiger partial charge in [-0.1, -0.05) is 282 Å². The van der Waals surface area contributed by atoms with Crippen molar-refractivity contribution >= 4 is 19.7 Å². The third-order valence-corrected chi connectivity index (χ3v) is 15.8. The van der Waals surface area contributed by atoms with E-state index in [4.69, 9.17) is 13.8 Å². The largest absolute Gasteiger partial charge is 0.472 e. The summed E-state index contributed by atoms with van der Waals surface area (Å²) in [4.78, 5) is 37.8. The van der Waals surface area contributed by atoms with E-state index in [2.05, 4.69) is 50.4 Å². The van der Waals surface area contributed by atoms with Crippen molar-refractivity contribution in [3.8, 4) is 0 Å². The number of likely N-dealkylation sites (N-methyl/N-ethyl adjacent to an activating group) is 1. The molecule has 0 aliphatic heterocycles. The lowest BCUT2D eigenvalue weighted by Crippen LogP contribution is -2.47. The number of quaternary nitrogens is 1. The number of carbonyl (C=O) groups excluding carboxylic acids is 2. The molecule has 0 aromatic rings. The first-order valence-corrected chi connectivity index (χ1v) is 34.3. The van der Waals surface area contributed by atoms with Gasteiger partial charge in [-0.05, 0) is 63.9 Å². The molecule has 448 valence electrons. The first-order chi connectivity index (χ1) is 36.9. The molecule has 0 saturated heterocycles. The van der Waals surface area contributed by atoms with Gasteiger partial charge in [0.2, 0.25) is 5.91 Å². The van der Waals surface area contributed by atoms with E-state index >= 15 is 0 Å². The van der Waals surface area contributed by atoms with E-state index in [9.17, 15) is 19.0 Å². The van der Waals surface area contributed by atoms with Crippen molar-refractivity contribution in [2.24, 2.45) is 0 Å². The summed E-state index contributed by atoms with van der Waals surface area (Å²) in [7, 11) is 1.50. The molecule has 76 heavy (non-hydrogen) atoms. The summed E-state index contributed by atoms with van der Waals surface area (Å²) in [5.74, 6) is -0.498. The summed E-state index contributed by atoms with van der Waals surface area (Å²) >= 11 is 0. The number of phosphoric acid groups is 1. The molecule has 0 aromatic heterocycles. The van der Waals surface area contributed by atoms with Crippen molar-refractivity contribution in [1.82, 2.24) is 5.32 Å². The van der Waals surface area contributed by atoms with Gasteiger partial charge in [-0.25, -0.2) is 4.57 Å². The number of carbonyl (C=O) groups is 2. The van der Waals surface area contributed by atoms with Crippen molar-refractivity contribution in [2.45, 2.75) is 335 Å².